The molecule has 0 spiro atoms. The van der Waals surface area contributed by atoms with Gasteiger partial charge < -0.3 is 23.8 Å². The zero-order chi connectivity index (χ0) is 20.9. The van der Waals surface area contributed by atoms with Crippen molar-refractivity contribution in [3.05, 3.63) is 59.2 Å². The molecule has 7 nitrogen and oxygen atoms in total. The van der Waals surface area contributed by atoms with Crippen molar-refractivity contribution in [2.45, 2.75) is 13.0 Å². The number of nitrogens with zero attached hydrogens (tertiary/aromatic N) is 1. The molecule has 30 heavy (non-hydrogen) atoms. The van der Waals surface area contributed by atoms with E-state index in [2.05, 4.69) is 6.07 Å². The van der Waals surface area contributed by atoms with Crippen LogP contribution in [0, 0.1) is 0 Å². The summed E-state index contributed by atoms with van der Waals surface area (Å²) >= 11 is 0. The number of fused-ring (bicyclic) bond motifs is 2. The lowest BCUT2D eigenvalue weighted by atomic mass is 10.00. The number of hydrogen-bond donors (Lipinski definition) is 0. The van der Waals surface area contributed by atoms with Crippen molar-refractivity contribution in [2.75, 3.05) is 33.5 Å². The fourth-order valence-electron chi connectivity index (χ4n) is 3.53. The van der Waals surface area contributed by atoms with Crippen molar-refractivity contribution in [1.29, 1.82) is 0 Å². The van der Waals surface area contributed by atoms with E-state index in [1.807, 2.05) is 18.2 Å². The van der Waals surface area contributed by atoms with Crippen LogP contribution in [0.1, 0.15) is 16.7 Å². The van der Waals surface area contributed by atoms with E-state index in [-0.39, 0.29) is 12.5 Å². The van der Waals surface area contributed by atoms with Crippen molar-refractivity contribution < 1.29 is 28.5 Å². The highest BCUT2D eigenvalue weighted by atomic mass is 16.6. The van der Waals surface area contributed by atoms with Gasteiger partial charge in [0.2, 0.25) is 5.75 Å². The Morgan fingerprint density at radius 2 is 1.93 bits per heavy atom. The Morgan fingerprint density at radius 3 is 2.77 bits per heavy atom. The van der Waals surface area contributed by atoms with E-state index in [0.717, 1.165) is 12.0 Å². The number of rotatable bonds is 5. The van der Waals surface area contributed by atoms with E-state index in [9.17, 15) is 9.59 Å². The van der Waals surface area contributed by atoms with Crippen LogP contribution in [0.15, 0.2) is 42.5 Å². The summed E-state index contributed by atoms with van der Waals surface area (Å²) < 4.78 is 21.6. The van der Waals surface area contributed by atoms with E-state index in [0.29, 0.717) is 49.1 Å². The van der Waals surface area contributed by atoms with Crippen LogP contribution in [-0.2, 0) is 27.3 Å². The monoisotopic (exact) mass is 409 g/mol. The molecule has 2 aromatic carbocycles. The van der Waals surface area contributed by atoms with E-state index < -0.39 is 5.97 Å². The summed E-state index contributed by atoms with van der Waals surface area (Å²) in [6.45, 7) is 1.80. The molecule has 0 aromatic heterocycles. The van der Waals surface area contributed by atoms with E-state index in [4.69, 9.17) is 18.9 Å². The highest BCUT2D eigenvalue weighted by Gasteiger charge is 2.21. The molecule has 0 radical (unpaired) electrons. The van der Waals surface area contributed by atoms with Gasteiger partial charge in [-0.2, -0.15) is 0 Å². The molecule has 0 bridgehead atoms. The number of methoxy groups -OCH3 is 1. The van der Waals surface area contributed by atoms with Crippen LogP contribution in [0.25, 0.3) is 6.08 Å². The zero-order valence-corrected chi connectivity index (χ0v) is 16.8. The Bertz CT molecular complexity index is 966. The number of carbonyl (C=O) groups excluding carboxylic acids is 2. The first-order chi connectivity index (χ1) is 14.6. The smallest absolute Gasteiger partial charge is 0.331 e. The minimum atomic E-state index is -0.588. The molecule has 0 aliphatic carbocycles. The van der Waals surface area contributed by atoms with Crippen LogP contribution >= 0.6 is 0 Å². The maximum Gasteiger partial charge on any atom is 0.331 e. The maximum absolute atomic E-state index is 12.4. The Kier molecular flexibility index (Phi) is 5.88. The van der Waals surface area contributed by atoms with Gasteiger partial charge in [0.25, 0.3) is 5.91 Å². The highest BCUT2D eigenvalue weighted by Crippen LogP contribution is 2.40. The van der Waals surface area contributed by atoms with E-state index >= 15 is 0 Å². The van der Waals surface area contributed by atoms with Crippen LogP contribution < -0.4 is 14.2 Å². The Hall–Kier alpha value is -3.48. The predicted molar refractivity (Wildman–Crippen MR) is 110 cm³/mol. The van der Waals surface area contributed by atoms with Gasteiger partial charge in [-0.15, -0.1) is 0 Å². The second-order valence-corrected chi connectivity index (χ2v) is 7.02. The zero-order valence-electron chi connectivity index (χ0n) is 16.8. The van der Waals surface area contributed by atoms with Gasteiger partial charge in [0.15, 0.2) is 18.1 Å². The van der Waals surface area contributed by atoms with Gasteiger partial charge in [-0.1, -0.05) is 24.3 Å². The molecular weight excluding hydrogens is 386 g/mol. The largest absolute Gasteiger partial charge is 0.493 e. The number of esters is 1. The van der Waals surface area contributed by atoms with Gasteiger partial charge in [-0.05, 0) is 41.3 Å². The molecule has 2 aromatic rings. The lowest BCUT2D eigenvalue weighted by Gasteiger charge is -2.28. The third-order valence-electron chi connectivity index (χ3n) is 5.08. The van der Waals surface area contributed by atoms with Gasteiger partial charge >= 0.3 is 5.97 Å². The van der Waals surface area contributed by atoms with Crippen LogP contribution in [0.2, 0.25) is 0 Å². The molecule has 7 heteroatoms. The first-order valence-electron chi connectivity index (χ1n) is 9.81. The second kappa shape index (κ2) is 8.90. The summed E-state index contributed by atoms with van der Waals surface area (Å²) in [7, 11) is 1.54. The second-order valence-electron chi connectivity index (χ2n) is 7.02. The molecule has 0 atom stereocenters. The Labute approximate surface area is 174 Å². The van der Waals surface area contributed by atoms with Gasteiger partial charge in [-0.25, -0.2) is 4.79 Å². The fourth-order valence-corrected chi connectivity index (χ4v) is 3.53. The topological polar surface area (TPSA) is 74.3 Å². The average molecular weight is 409 g/mol. The average Bonchev–Trinajstić information content (AvgIpc) is 2.80. The summed E-state index contributed by atoms with van der Waals surface area (Å²) in [5.74, 6) is 0.856. The maximum atomic E-state index is 12.4. The number of benzene rings is 2. The molecule has 2 aliphatic heterocycles. The first-order valence-corrected chi connectivity index (χ1v) is 9.81. The molecule has 4 rings (SSSR count). The normalized spacial score (nSPS) is 14.9. The van der Waals surface area contributed by atoms with E-state index in [1.165, 1.54) is 11.6 Å². The van der Waals surface area contributed by atoms with Crippen molar-refractivity contribution in [2.24, 2.45) is 0 Å². The molecular formula is C23H23NO6. The fraction of sp³-hybridized carbons (Fsp3) is 0.304. The van der Waals surface area contributed by atoms with Crippen molar-refractivity contribution in [3.63, 3.8) is 0 Å². The lowest BCUT2D eigenvalue weighted by molar-refractivity contribution is -0.148. The van der Waals surface area contributed by atoms with Crippen LogP contribution in [0.5, 0.6) is 17.2 Å². The molecule has 0 fully saturated rings. The van der Waals surface area contributed by atoms with Crippen molar-refractivity contribution in [1.82, 2.24) is 4.90 Å². The summed E-state index contributed by atoms with van der Waals surface area (Å²) in [4.78, 5) is 26.2. The third kappa shape index (κ3) is 4.40. The Morgan fingerprint density at radius 1 is 1.13 bits per heavy atom. The number of amides is 1. The molecule has 156 valence electrons. The summed E-state index contributed by atoms with van der Waals surface area (Å²) in [6, 6.07) is 11.6. The van der Waals surface area contributed by atoms with Gasteiger partial charge in [0, 0.05) is 19.2 Å². The summed E-state index contributed by atoms with van der Waals surface area (Å²) in [5, 5.41) is 0. The number of hydrogen-bond acceptors (Lipinski definition) is 6. The van der Waals surface area contributed by atoms with Crippen molar-refractivity contribution >= 4 is 18.0 Å². The van der Waals surface area contributed by atoms with Gasteiger partial charge in [0.05, 0.1) is 7.11 Å². The molecule has 0 unspecified atom stereocenters. The van der Waals surface area contributed by atoms with Crippen molar-refractivity contribution in [3.8, 4) is 17.2 Å². The number of carbonyl (C=O) groups is 2. The minimum Gasteiger partial charge on any atom is -0.493 e. The molecule has 0 saturated carbocycles. The van der Waals surface area contributed by atoms with Gasteiger partial charge in [0.1, 0.15) is 13.2 Å². The molecule has 2 aliphatic rings. The molecule has 0 saturated heterocycles. The summed E-state index contributed by atoms with van der Waals surface area (Å²) in [6.07, 6.45) is 3.68. The quantitative estimate of drug-likeness (QED) is 0.558. The first kappa shape index (κ1) is 19.8. The lowest BCUT2D eigenvalue weighted by Crippen LogP contribution is -2.38. The van der Waals surface area contributed by atoms with Crippen LogP contribution in [0.3, 0.4) is 0 Å². The van der Waals surface area contributed by atoms with Crippen LogP contribution in [0.4, 0.5) is 0 Å². The summed E-state index contributed by atoms with van der Waals surface area (Å²) in [5.41, 5.74) is 3.10. The molecule has 1 amide bonds. The standard InChI is InChI=1S/C23H23NO6/c1-27-19-12-16(13-20-23(19)29-11-10-28-20)6-7-22(26)30-15-21(25)24-9-8-17-4-2-3-5-18(17)14-24/h2-7,12-13H,8-11,14-15H2,1H3/b7-6+. The number of ether oxygens (including phenoxy) is 4. The molecule has 2 heterocycles. The predicted octanol–water partition coefficient (Wildman–Crippen LogP) is 2.61. The molecule has 0 N–H and O–H groups in total. The highest BCUT2D eigenvalue weighted by molar-refractivity contribution is 5.89. The Balaban J connectivity index is 1.33. The SMILES string of the molecule is COc1cc(/C=C/C(=O)OCC(=O)N2CCc3ccccc3C2)cc2c1OCCO2. The third-order valence-corrected chi connectivity index (χ3v) is 5.08. The minimum absolute atomic E-state index is 0.202. The van der Waals surface area contributed by atoms with Crippen LogP contribution in [-0.4, -0.2) is 50.3 Å². The van der Waals surface area contributed by atoms with E-state index in [1.54, 1.807) is 30.2 Å². The van der Waals surface area contributed by atoms with Gasteiger partial charge in [-0.3, -0.25) is 4.79 Å².